The molecule has 0 unspecified atom stereocenters. The number of rotatable bonds is 6. The van der Waals surface area contributed by atoms with Crippen LogP contribution < -0.4 is 0 Å². The molecule has 0 spiro atoms. The molecule has 184 valence electrons. The van der Waals surface area contributed by atoms with Gasteiger partial charge in [-0.15, -0.1) is 0 Å². The summed E-state index contributed by atoms with van der Waals surface area (Å²) in [4.78, 5) is 15.5. The second-order valence-corrected chi connectivity index (χ2v) is 11.7. The van der Waals surface area contributed by atoms with Crippen LogP contribution in [0.1, 0.15) is 75.0 Å². The molecule has 0 radical (unpaired) electrons. The van der Waals surface area contributed by atoms with Crippen molar-refractivity contribution in [2.75, 3.05) is 13.2 Å². The molecule has 0 bridgehead atoms. The van der Waals surface area contributed by atoms with Gasteiger partial charge in [0.2, 0.25) is 0 Å². The van der Waals surface area contributed by atoms with E-state index in [0.717, 1.165) is 29.8 Å². The number of aromatic hydroxyl groups is 1. The maximum absolute atomic E-state index is 13.6. The summed E-state index contributed by atoms with van der Waals surface area (Å²) in [5, 5.41) is 21.1. The molecule has 2 atom stereocenters. The third kappa shape index (κ3) is 5.72. The Bertz CT molecular complexity index is 1020. The van der Waals surface area contributed by atoms with E-state index in [4.69, 9.17) is 0 Å². The average Bonchev–Trinajstić information content (AvgIpc) is 3.08. The molecule has 2 aromatic rings. The number of phenolic OH excluding ortho intramolecular Hbond substituents is 1. The first-order chi connectivity index (χ1) is 15.9. The molecule has 3 rings (SSSR count). The number of Topliss-reactive ketones (excluding diaryl/α,β-unsaturated/α-hetero) is 1. The minimum Gasteiger partial charge on any atom is -0.507 e. The van der Waals surface area contributed by atoms with Crippen LogP contribution in [0.15, 0.2) is 46.5 Å². The molecule has 1 fully saturated rings. The van der Waals surface area contributed by atoms with Gasteiger partial charge in [0.15, 0.2) is 5.78 Å². The quantitative estimate of drug-likeness (QED) is 0.464. The van der Waals surface area contributed by atoms with Crippen LogP contribution in [-0.4, -0.2) is 45.9 Å². The van der Waals surface area contributed by atoms with E-state index in [0.29, 0.717) is 5.56 Å². The summed E-state index contributed by atoms with van der Waals surface area (Å²) < 4.78 is 4.37. The van der Waals surface area contributed by atoms with Crippen LogP contribution in [0.2, 0.25) is 0 Å². The van der Waals surface area contributed by atoms with Crippen LogP contribution in [0.25, 0.3) is 0 Å². The highest BCUT2D eigenvalue weighted by molar-refractivity contribution is 9.08. The number of likely N-dealkylation sites (tertiary alicyclic amines) is 1. The summed E-state index contributed by atoms with van der Waals surface area (Å²) in [5.41, 5.74) is 2.67. The number of aliphatic hydroxyl groups excluding tert-OH is 1. The predicted molar refractivity (Wildman–Crippen MR) is 142 cm³/mol. The number of carbonyl (C=O) groups excluding carboxylic acids is 1. The Balaban J connectivity index is 1.93. The summed E-state index contributed by atoms with van der Waals surface area (Å²) in [7, 11) is 0. The van der Waals surface area contributed by atoms with Crippen molar-refractivity contribution < 1.29 is 15.0 Å². The zero-order valence-corrected chi connectivity index (χ0v) is 22.7. The lowest BCUT2D eigenvalue weighted by Gasteiger charge is -2.29. The first kappa shape index (κ1) is 26.4. The van der Waals surface area contributed by atoms with Gasteiger partial charge in [-0.2, -0.15) is 4.02 Å². The van der Waals surface area contributed by atoms with Crippen molar-refractivity contribution in [1.29, 1.82) is 0 Å². The topological polar surface area (TPSA) is 73.1 Å². The van der Waals surface area contributed by atoms with E-state index in [1.807, 2.05) is 76.8 Å². The number of halogens is 1. The number of benzene rings is 2. The standard InChI is InChI=1S/C28H37BrN2O3/c1-27(2,3)22-14-19(15-23(25(22)34)28(4,5)6)24(33)16-31-21(17-32)13-20(26(31)30-29)12-18-10-8-7-9-11-18/h7-11,14-15,20-21,32,34H,12-13,16-17H2,1-6H3/b30-26-/t20-,21-/m0/s1. The van der Waals surface area contributed by atoms with Gasteiger partial charge >= 0.3 is 0 Å². The molecule has 0 amide bonds. The van der Waals surface area contributed by atoms with Crippen molar-refractivity contribution in [1.82, 2.24) is 4.90 Å². The lowest BCUT2D eigenvalue weighted by molar-refractivity contribution is 0.0934. The Morgan fingerprint density at radius 1 is 1.06 bits per heavy atom. The largest absolute Gasteiger partial charge is 0.507 e. The van der Waals surface area contributed by atoms with Crippen molar-refractivity contribution in [2.45, 2.75) is 71.3 Å². The molecule has 2 aromatic carbocycles. The number of nitrogens with zero attached hydrogens (tertiary/aromatic N) is 2. The molecule has 1 aliphatic heterocycles. The van der Waals surface area contributed by atoms with Crippen molar-refractivity contribution in [3.63, 3.8) is 0 Å². The van der Waals surface area contributed by atoms with Crippen LogP contribution in [-0.2, 0) is 17.3 Å². The fourth-order valence-electron chi connectivity index (χ4n) is 4.74. The van der Waals surface area contributed by atoms with Gasteiger partial charge in [0.25, 0.3) is 0 Å². The minimum absolute atomic E-state index is 0.0410. The van der Waals surface area contributed by atoms with Crippen LogP contribution in [0.3, 0.4) is 0 Å². The summed E-state index contributed by atoms with van der Waals surface area (Å²) in [6, 6.07) is 13.7. The van der Waals surface area contributed by atoms with E-state index < -0.39 is 0 Å². The van der Waals surface area contributed by atoms with Crippen LogP contribution in [0.4, 0.5) is 0 Å². The number of hydrogen-bond donors (Lipinski definition) is 2. The fraction of sp³-hybridized carbons (Fsp3) is 0.500. The smallest absolute Gasteiger partial charge is 0.182 e. The maximum atomic E-state index is 13.6. The summed E-state index contributed by atoms with van der Waals surface area (Å²) in [6.45, 7) is 12.3. The lowest BCUT2D eigenvalue weighted by atomic mass is 9.78. The maximum Gasteiger partial charge on any atom is 0.182 e. The highest BCUT2D eigenvalue weighted by Gasteiger charge is 2.38. The van der Waals surface area contributed by atoms with Gasteiger partial charge in [0.05, 0.1) is 35.3 Å². The van der Waals surface area contributed by atoms with Crippen LogP contribution in [0, 0.1) is 5.92 Å². The van der Waals surface area contributed by atoms with E-state index in [-0.39, 0.29) is 47.5 Å². The SMILES string of the molecule is CC(C)(C)c1cc(C(=O)CN2/C(=N\Br)[C@@H](Cc3ccccc3)C[C@H]2CO)cc(C(C)(C)C)c1O. The highest BCUT2D eigenvalue weighted by atomic mass is 79.9. The molecule has 6 heteroatoms. The molecule has 0 saturated carbocycles. The molecule has 0 aliphatic carbocycles. The highest BCUT2D eigenvalue weighted by Crippen LogP contribution is 2.40. The number of hydrogen-bond acceptors (Lipinski definition) is 4. The normalized spacial score (nSPS) is 20.2. The van der Waals surface area contributed by atoms with Gasteiger partial charge in [0.1, 0.15) is 11.6 Å². The van der Waals surface area contributed by atoms with E-state index in [9.17, 15) is 15.0 Å². The monoisotopic (exact) mass is 528 g/mol. The number of ketones is 1. The minimum atomic E-state index is -0.315. The van der Waals surface area contributed by atoms with E-state index >= 15 is 0 Å². The van der Waals surface area contributed by atoms with Crippen LogP contribution >= 0.6 is 16.1 Å². The van der Waals surface area contributed by atoms with Crippen molar-refractivity contribution in [3.05, 3.63) is 64.7 Å². The number of aliphatic hydroxyl groups is 1. The third-order valence-electron chi connectivity index (χ3n) is 6.64. The Morgan fingerprint density at radius 2 is 1.62 bits per heavy atom. The summed E-state index contributed by atoms with van der Waals surface area (Å²) >= 11 is 3.28. The molecule has 34 heavy (non-hydrogen) atoms. The molecule has 1 heterocycles. The Hall–Kier alpha value is -2.18. The van der Waals surface area contributed by atoms with E-state index in [1.165, 1.54) is 5.56 Å². The van der Waals surface area contributed by atoms with Crippen LogP contribution in [0.5, 0.6) is 5.75 Å². The average molecular weight is 530 g/mol. The van der Waals surface area contributed by atoms with Gasteiger partial charge in [0, 0.05) is 22.6 Å². The predicted octanol–water partition coefficient (Wildman–Crippen LogP) is 5.80. The van der Waals surface area contributed by atoms with Gasteiger partial charge in [-0.05, 0) is 41.4 Å². The number of phenols is 1. The Labute approximate surface area is 212 Å². The van der Waals surface area contributed by atoms with Gasteiger partial charge in [-0.25, -0.2) is 0 Å². The molecule has 0 aromatic heterocycles. The zero-order chi connectivity index (χ0) is 25.3. The van der Waals surface area contributed by atoms with Crippen molar-refractivity contribution >= 4 is 27.8 Å². The second-order valence-electron chi connectivity index (χ2n) is 11.4. The number of carbonyl (C=O) groups is 1. The number of amidine groups is 1. The molecular weight excluding hydrogens is 492 g/mol. The first-order valence-electron chi connectivity index (χ1n) is 11.9. The molecule has 2 N–H and O–H groups in total. The fourth-order valence-corrected chi connectivity index (χ4v) is 5.23. The second kappa shape index (κ2) is 10.2. The van der Waals surface area contributed by atoms with Gasteiger partial charge in [-0.3, -0.25) is 4.79 Å². The van der Waals surface area contributed by atoms with Crippen molar-refractivity contribution in [3.8, 4) is 5.75 Å². The third-order valence-corrected chi connectivity index (χ3v) is 7.00. The molecular formula is C28H37BrN2O3. The molecule has 1 aliphatic rings. The zero-order valence-electron chi connectivity index (χ0n) is 21.1. The van der Waals surface area contributed by atoms with E-state index in [2.05, 4.69) is 32.3 Å². The van der Waals surface area contributed by atoms with Gasteiger partial charge in [-0.1, -0.05) is 71.9 Å². The van der Waals surface area contributed by atoms with E-state index in [1.54, 1.807) is 0 Å². The Morgan fingerprint density at radius 3 is 2.09 bits per heavy atom. The lowest BCUT2D eigenvalue weighted by Crippen LogP contribution is -2.40. The Kier molecular flexibility index (Phi) is 7.93. The molecule has 5 nitrogen and oxygen atoms in total. The van der Waals surface area contributed by atoms with Crippen molar-refractivity contribution in [2.24, 2.45) is 9.94 Å². The van der Waals surface area contributed by atoms with Gasteiger partial charge < -0.3 is 15.1 Å². The molecule has 1 saturated heterocycles. The summed E-state index contributed by atoms with van der Waals surface area (Å²) in [5.74, 6) is 1.11. The first-order valence-corrected chi connectivity index (χ1v) is 12.6. The summed E-state index contributed by atoms with van der Waals surface area (Å²) in [6.07, 6.45) is 1.53.